The van der Waals surface area contributed by atoms with E-state index in [-0.39, 0.29) is 0 Å². The van der Waals surface area contributed by atoms with E-state index in [9.17, 15) is 0 Å². The molecule has 1 aromatic heterocycles. The van der Waals surface area contributed by atoms with Crippen LogP contribution < -0.4 is 0 Å². The highest BCUT2D eigenvalue weighted by Crippen LogP contribution is 2.10. The molecule has 0 aliphatic rings. The number of halogens is 1. The van der Waals surface area contributed by atoms with Crippen LogP contribution in [0.3, 0.4) is 0 Å². The molecule has 3 nitrogen and oxygen atoms in total. The summed E-state index contributed by atoms with van der Waals surface area (Å²) in [5.41, 5.74) is 2.45. The van der Waals surface area contributed by atoms with E-state index in [1.165, 1.54) is 11.1 Å². The minimum absolute atomic E-state index is 0.658. The summed E-state index contributed by atoms with van der Waals surface area (Å²) in [4.78, 5) is 4.14. The number of nitrogens with zero attached hydrogens (tertiary/aromatic N) is 2. The van der Waals surface area contributed by atoms with Gasteiger partial charge in [0.15, 0.2) is 0 Å². The highest BCUT2D eigenvalue weighted by Gasteiger charge is 2.04. The molecular weight excluding hydrogens is 291 g/mol. The molecular formula is C10H9IN2O. The quantitative estimate of drug-likeness (QED) is 0.800. The van der Waals surface area contributed by atoms with E-state index in [1.54, 1.807) is 0 Å². The topological polar surface area (TPSA) is 38.9 Å². The molecule has 2 rings (SSSR count). The van der Waals surface area contributed by atoms with E-state index in [0.717, 1.165) is 0 Å². The molecule has 0 fully saturated rings. The first kappa shape index (κ1) is 9.64. The van der Waals surface area contributed by atoms with Crippen LogP contribution in [0, 0.1) is 10.8 Å². The molecule has 14 heavy (non-hydrogen) atoms. The van der Waals surface area contributed by atoms with E-state index in [0.29, 0.717) is 16.1 Å². The molecule has 0 aliphatic heterocycles. The van der Waals surface area contributed by atoms with Gasteiger partial charge in [-0.3, -0.25) is 0 Å². The van der Waals surface area contributed by atoms with Crippen LogP contribution in [-0.4, -0.2) is 10.1 Å². The van der Waals surface area contributed by atoms with Crippen LogP contribution >= 0.6 is 22.6 Å². The van der Waals surface area contributed by atoms with Gasteiger partial charge >= 0.3 is 0 Å². The summed E-state index contributed by atoms with van der Waals surface area (Å²) in [6.07, 6.45) is 0.706. The molecule has 72 valence electrons. The Morgan fingerprint density at radius 3 is 2.93 bits per heavy atom. The van der Waals surface area contributed by atoms with Crippen LogP contribution in [0.2, 0.25) is 0 Å². The van der Waals surface area contributed by atoms with Gasteiger partial charge in [0.05, 0.1) is 6.42 Å². The van der Waals surface area contributed by atoms with Crippen molar-refractivity contribution in [1.82, 2.24) is 10.1 Å². The monoisotopic (exact) mass is 300 g/mol. The lowest BCUT2D eigenvalue weighted by Crippen LogP contribution is -1.88. The number of hydrogen-bond donors (Lipinski definition) is 0. The Morgan fingerprint density at radius 1 is 1.43 bits per heavy atom. The Morgan fingerprint density at radius 2 is 2.29 bits per heavy atom. The van der Waals surface area contributed by atoms with Gasteiger partial charge in [-0.25, -0.2) is 0 Å². The van der Waals surface area contributed by atoms with Gasteiger partial charge in [-0.05, 0) is 12.5 Å². The number of benzene rings is 1. The molecule has 0 saturated carbocycles. The van der Waals surface area contributed by atoms with E-state index >= 15 is 0 Å². The second-order valence-corrected chi connectivity index (χ2v) is 4.09. The average Bonchev–Trinajstić information content (AvgIpc) is 2.51. The van der Waals surface area contributed by atoms with Crippen molar-refractivity contribution in [2.24, 2.45) is 0 Å². The summed E-state index contributed by atoms with van der Waals surface area (Å²) in [5.74, 6) is 0.667. The van der Waals surface area contributed by atoms with Crippen molar-refractivity contribution in [3.8, 4) is 0 Å². The number of hydrogen-bond acceptors (Lipinski definition) is 3. The zero-order valence-corrected chi connectivity index (χ0v) is 9.85. The standard InChI is InChI=1S/C10H9IN2O/c1-7-3-2-4-8(5-7)6-9-12-10(11)13-14-9/h2-5H,6H2,1H3. The van der Waals surface area contributed by atoms with Gasteiger partial charge in [0, 0.05) is 22.6 Å². The molecule has 0 atom stereocenters. The van der Waals surface area contributed by atoms with Crippen molar-refractivity contribution in [1.29, 1.82) is 0 Å². The predicted octanol–water partition coefficient (Wildman–Crippen LogP) is 2.57. The molecule has 1 heterocycles. The van der Waals surface area contributed by atoms with Crippen LogP contribution in [-0.2, 0) is 6.42 Å². The van der Waals surface area contributed by atoms with E-state index in [1.807, 2.05) is 28.7 Å². The fourth-order valence-electron chi connectivity index (χ4n) is 1.30. The van der Waals surface area contributed by atoms with Crippen molar-refractivity contribution in [3.05, 3.63) is 45.1 Å². The minimum Gasteiger partial charge on any atom is -0.338 e. The minimum atomic E-state index is 0.658. The van der Waals surface area contributed by atoms with Gasteiger partial charge in [-0.2, -0.15) is 4.98 Å². The van der Waals surface area contributed by atoms with Crippen LogP contribution in [0.25, 0.3) is 0 Å². The highest BCUT2D eigenvalue weighted by atomic mass is 127. The Balaban J connectivity index is 2.18. The van der Waals surface area contributed by atoms with Crippen LogP contribution in [0.5, 0.6) is 0 Å². The third-order valence-electron chi connectivity index (χ3n) is 1.88. The van der Waals surface area contributed by atoms with Crippen molar-refractivity contribution in [3.63, 3.8) is 0 Å². The van der Waals surface area contributed by atoms with Gasteiger partial charge in [0.2, 0.25) is 9.72 Å². The smallest absolute Gasteiger partial charge is 0.232 e. The number of aromatic nitrogens is 2. The van der Waals surface area contributed by atoms with E-state index in [2.05, 4.69) is 35.3 Å². The van der Waals surface area contributed by atoms with Crippen molar-refractivity contribution >= 4 is 22.6 Å². The molecule has 1 aromatic carbocycles. The van der Waals surface area contributed by atoms with Crippen LogP contribution in [0.1, 0.15) is 17.0 Å². The molecule has 0 saturated heterocycles. The lowest BCUT2D eigenvalue weighted by Gasteiger charge is -1.97. The maximum Gasteiger partial charge on any atom is 0.232 e. The van der Waals surface area contributed by atoms with Gasteiger partial charge in [-0.1, -0.05) is 35.0 Å². The maximum absolute atomic E-state index is 5.04. The second-order valence-electron chi connectivity index (χ2n) is 3.12. The highest BCUT2D eigenvalue weighted by molar-refractivity contribution is 14.1. The molecule has 4 heteroatoms. The lowest BCUT2D eigenvalue weighted by atomic mass is 10.1. The summed E-state index contributed by atoms with van der Waals surface area (Å²) < 4.78 is 5.70. The summed E-state index contributed by atoms with van der Waals surface area (Å²) in [6, 6.07) is 8.29. The Labute approximate surface area is 95.7 Å². The number of rotatable bonds is 2. The first-order valence-corrected chi connectivity index (χ1v) is 5.35. The predicted molar refractivity (Wildman–Crippen MR) is 61.0 cm³/mol. The Kier molecular flexibility index (Phi) is 2.81. The largest absolute Gasteiger partial charge is 0.338 e. The zero-order chi connectivity index (χ0) is 9.97. The van der Waals surface area contributed by atoms with Crippen LogP contribution in [0.4, 0.5) is 0 Å². The first-order chi connectivity index (χ1) is 6.74. The van der Waals surface area contributed by atoms with Gasteiger partial charge in [0.1, 0.15) is 0 Å². The number of aryl methyl sites for hydroxylation is 1. The summed E-state index contributed by atoms with van der Waals surface area (Å²) in [6.45, 7) is 2.07. The average molecular weight is 300 g/mol. The molecule has 0 radical (unpaired) electrons. The van der Waals surface area contributed by atoms with Gasteiger partial charge in [-0.15, -0.1) is 0 Å². The fraction of sp³-hybridized carbons (Fsp3) is 0.200. The Hall–Kier alpha value is -0.910. The van der Waals surface area contributed by atoms with Crippen molar-refractivity contribution in [2.45, 2.75) is 13.3 Å². The zero-order valence-electron chi connectivity index (χ0n) is 7.70. The molecule has 0 unspecified atom stereocenters. The second kappa shape index (κ2) is 4.08. The van der Waals surface area contributed by atoms with Crippen molar-refractivity contribution < 1.29 is 4.52 Å². The molecule has 0 bridgehead atoms. The maximum atomic E-state index is 5.04. The molecule has 0 aliphatic carbocycles. The molecule has 0 N–H and O–H groups in total. The molecule has 2 aromatic rings. The summed E-state index contributed by atoms with van der Waals surface area (Å²) in [5, 5.41) is 3.74. The van der Waals surface area contributed by atoms with Gasteiger partial charge < -0.3 is 4.52 Å². The summed E-state index contributed by atoms with van der Waals surface area (Å²) >= 11 is 2.03. The van der Waals surface area contributed by atoms with Gasteiger partial charge in [0.25, 0.3) is 0 Å². The summed E-state index contributed by atoms with van der Waals surface area (Å²) in [7, 11) is 0. The SMILES string of the molecule is Cc1cccc(Cc2nc(I)no2)c1. The third-order valence-corrected chi connectivity index (χ3v) is 2.32. The first-order valence-electron chi connectivity index (χ1n) is 4.27. The van der Waals surface area contributed by atoms with Crippen LogP contribution in [0.15, 0.2) is 28.8 Å². The Bertz CT molecular complexity index is 439. The van der Waals surface area contributed by atoms with Crippen molar-refractivity contribution in [2.75, 3.05) is 0 Å². The normalized spacial score (nSPS) is 10.4. The van der Waals surface area contributed by atoms with E-state index < -0.39 is 0 Å². The lowest BCUT2D eigenvalue weighted by molar-refractivity contribution is 0.381. The fourth-order valence-corrected chi connectivity index (χ4v) is 1.67. The van der Waals surface area contributed by atoms with E-state index in [4.69, 9.17) is 4.52 Å². The molecule has 0 spiro atoms. The molecule has 0 amide bonds. The third kappa shape index (κ3) is 2.31.